The van der Waals surface area contributed by atoms with Crippen LogP contribution in [0.1, 0.15) is 51.9 Å². The van der Waals surface area contributed by atoms with Gasteiger partial charge in [-0.25, -0.2) is 0 Å². The van der Waals surface area contributed by atoms with E-state index < -0.39 is 0 Å². The van der Waals surface area contributed by atoms with Crippen molar-refractivity contribution >= 4 is 0 Å². The Morgan fingerprint density at radius 2 is 1.83 bits per heavy atom. The van der Waals surface area contributed by atoms with Crippen molar-refractivity contribution in [1.29, 1.82) is 0 Å². The van der Waals surface area contributed by atoms with Crippen LogP contribution in [-0.2, 0) is 0 Å². The van der Waals surface area contributed by atoms with Crippen molar-refractivity contribution in [3.8, 4) is 0 Å². The van der Waals surface area contributed by atoms with E-state index in [1.165, 1.54) is 49.7 Å². The molecule has 2 N–H and O–H groups in total. The van der Waals surface area contributed by atoms with E-state index in [4.69, 9.17) is 0 Å². The van der Waals surface area contributed by atoms with E-state index in [9.17, 15) is 0 Å². The average Bonchev–Trinajstić information content (AvgIpc) is 2.80. The van der Waals surface area contributed by atoms with Crippen LogP contribution < -0.4 is 10.6 Å². The first kappa shape index (κ1) is 19.9. The van der Waals surface area contributed by atoms with Crippen LogP contribution in [0.15, 0.2) is 48.1 Å². The van der Waals surface area contributed by atoms with Crippen molar-refractivity contribution in [2.75, 3.05) is 20.6 Å². The Bertz CT molecular complexity index is 418. The molecule has 1 aliphatic rings. The molecule has 1 fully saturated rings. The Morgan fingerprint density at radius 1 is 1.09 bits per heavy atom. The molecule has 2 unspecified atom stereocenters. The van der Waals surface area contributed by atoms with Crippen molar-refractivity contribution in [3.63, 3.8) is 0 Å². The number of hydrogen-bond donors (Lipinski definition) is 2. The zero-order valence-corrected chi connectivity index (χ0v) is 15.4. The zero-order chi connectivity index (χ0) is 16.9. The van der Waals surface area contributed by atoms with Gasteiger partial charge in [-0.3, -0.25) is 0 Å². The number of nitrogens with one attached hydrogen (secondary N) is 2. The molecule has 1 saturated carbocycles. The smallest absolute Gasteiger partial charge is 0.0202 e. The van der Waals surface area contributed by atoms with Crippen LogP contribution in [0.4, 0.5) is 0 Å². The van der Waals surface area contributed by atoms with E-state index >= 15 is 0 Å². The summed E-state index contributed by atoms with van der Waals surface area (Å²) in [6.07, 6.45) is 20.1. The lowest BCUT2D eigenvalue weighted by atomic mass is 9.87. The fraction of sp³-hybridized carbons (Fsp3) is 0.619. The van der Waals surface area contributed by atoms with Gasteiger partial charge in [-0.2, -0.15) is 0 Å². The predicted molar refractivity (Wildman–Crippen MR) is 104 cm³/mol. The van der Waals surface area contributed by atoms with Gasteiger partial charge in [0.1, 0.15) is 0 Å². The highest BCUT2D eigenvalue weighted by Crippen LogP contribution is 2.29. The van der Waals surface area contributed by atoms with Gasteiger partial charge in [-0.05, 0) is 56.8 Å². The number of likely N-dealkylation sites (N-methyl/N-ethyl adjacent to an activating group) is 1. The lowest BCUT2D eigenvalue weighted by Gasteiger charge is -2.25. The molecule has 130 valence electrons. The zero-order valence-electron chi connectivity index (χ0n) is 15.4. The van der Waals surface area contributed by atoms with Crippen LogP contribution in [0.2, 0.25) is 0 Å². The predicted octanol–water partition coefficient (Wildman–Crippen LogP) is 4.77. The third-order valence-corrected chi connectivity index (χ3v) is 4.75. The van der Waals surface area contributed by atoms with Crippen LogP contribution in [0.25, 0.3) is 0 Å². The molecule has 2 nitrogen and oxygen atoms in total. The average molecular weight is 317 g/mol. The van der Waals surface area contributed by atoms with Crippen LogP contribution in [-0.4, -0.2) is 26.7 Å². The molecular formula is C21H36N2. The molecule has 0 saturated heterocycles. The summed E-state index contributed by atoms with van der Waals surface area (Å²) in [5, 5.41) is 6.75. The molecule has 0 aliphatic heterocycles. The highest BCUT2D eigenvalue weighted by Gasteiger charge is 2.22. The van der Waals surface area contributed by atoms with Crippen LogP contribution in [0, 0.1) is 5.92 Å². The molecule has 23 heavy (non-hydrogen) atoms. The Morgan fingerprint density at radius 3 is 2.48 bits per heavy atom. The molecule has 2 heteroatoms. The molecule has 0 aromatic carbocycles. The second-order valence-electron chi connectivity index (χ2n) is 6.53. The maximum Gasteiger partial charge on any atom is 0.0202 e. The topological polar surface area (TPSA) is 24.1 Å². The third kappa shape index (κ3) is 7.81. The quantitative estimate of drug-likeness (QED) is 0.473. The maximum absolute atomic E-state index is 3.91. The van der Waals surface area contributed by atoms with E-state index in [2.05, 4.69) is 55.5 Å². The molecule has 0 heterocycles. The Hall–Kier alpha value is -1.12. The minimum atomic E-state index is 0.663. The molecule has 2 atom stereocenters. The summed E-state index contributed by atoms with van der Waals surface area (Å²) in [5.41, 5.74) is 2.68. The van der Waals surface area contributed by atoms with Crippen molar-refractivity contribution in [2.24, 2.45) is 5.92 Å². The van der Waals surface area contributed by atoms with Gasteiger partial charge in [0.05, 0.1) is 0 Å². The summed E-state index contributed by atoms with van der Waals surface area (Å²) in [5.74, 6) is 0.750. The number of rotatable bonds is 9. The molecule has 0 aromatic heterocycles. The maximum atomic E-state index is 3.91. The summed E-state index contributed by atoms with van der Waals surface area (Å²) < 4.78 is 0. The van der Waals surface area contributed by atoms with Crippen molar-refractivity contribution in [2.45, 2.75) is 57.9 Å². The molecule has 0 bridgehead atoms. The van der Waals surface area contributed by atoms with Gasteiger partial charge in [0.25, 0.3) is 0 Å². The second kappa shape index (κ2) is 12.3. The first-order valence-electron chi connectivity index (χ1n) is 9.25. The first-order chi connectivity index (χ1) is 11.2. The van der Waals surface area contributed by atoms with Crippen molar-refractivity contribution in [1.82, 2.24) is 10.6 Å². The molecule has 0 radical (unpaired) electrons. The van der Waals surface area contributed by atoms with Gasteiger partial charge in [-0.1, -0.05) is 63.1 Å². The molecule has 0 aromatic rings. The van der Waals surface area contributed by atoms with Gasteiger partial charge >= 0.3 is 0 Å². The van der Waals surface area contributed by atoms with Gasteiger partial charge in [-0.15, -0.1) is 0 Å². The monoisotopic (exact) mass is 316 g/mol. The van der Waals surface area contributed by atoms with Crippen LogP contribution >= 0.6 is 0 Å². The summed E-state index contributed by atoms with van der Waals surface area (Å²) >= 11 is 0. The van der Waals surface area contributed by atoms with E-state index in [0.717, 1.165) is 18.9 Å². The summed E-state index contributed by atoms with van der Waals surface area (Å²) in [4.78, 5) is 0. The van der Waals surface area contributed by atoms with E-state index in [0.29, 0.717) is 6.04 Å². The van der Waals surface area contributed by atoms with Gasteiger partial charge in [0.15, 0.2) is 0 Å². The largest absolute Gasteiger partial charge is 0.317 e. The molecule has 1 aliphatic carbocycles. The summed E-state index contributed by atoms with van der Waals surface area (Å²) in [7, 11) is 4.10. The van der Waals surface area contributed by atoms with Crippen LogP contribution in [0.5, 0.6) is 0 Å². The molecular weight excluding hydrogens is 280 g/mol. The molecule has 1 rings (SSSR count). The molecule has 0 amide bonds. The third-order valence-electron chi connectivity index (χ3n) is 4.75. The first-order valence-corrected chi connectivity index (χ1v) is 9.25. The number of allylic oxidation sites excluding steroid dienone is 5. The van der Waals surface area contributed by atoms with E-state index in [-0.39, 0.29) is 0 Å². The normalized spacial score (nSPS) is 24.0. The number of hydrogen-bond acceptors (Lipinski definition) is 2. The SMILES string of the molecule is C=C/C(=C/C=C(\C=C\CC)CC1CCCCCC1NC)CNC. The Kier molecular flexibility index (Phi) is 10.7. The standard InChI is InChI=1S/C21H36N2/c1-5-7-11-19(15-14-18(6-2)17-22-3)16-20-12-9-8-10-13-21(20)23-4/h6-7,11,14-15,20-23H,2,5,8-10,12-13,16-17H2,1,3-4H3/b11-7+,18-14-,19-15+. The van der Waals surface area contributed by atoms with E-state index in [1.807, 2.05) is 13.1 Å². The van der Waals surface area contributed by atoms with Crippen molar-refractivity contribution in [3.05, 3.63) is 48.1 Å². The van der Waals surface area contributed by atoms with Gasteiger partial charge in [0.2, 0.25) is 0 Å². The fourth-order valence-corrected chi connectivity index (χ4v) is 3.39. The fourth-order valence-electron chi connectivity index (χ4n) is 3.39. The van der Waals surface area contributed by atoms with E-state index in [1.54, 1.807) is 0 Å². The second-order valence-corrected chi connectivity index (χ2v) is 6.53. The van der Waals surface area contributed by atoms with Crippen LogP contribution in [0.3, 0.4) is 0 Å². The molecule has 0 spiro atoms. The Balaban J connectivity index is 2.87. The van der Waals surface area contributed by atoms with Gasteiger partial charge in [0, 0.05) is 12.6 Å². The Labute approximate surface area is 143 Å². The summed E-state index contributed by atoms with van der Waals surface area (Å²) in [6.45, 7) is 6.97. The van der Waals surface area contributed by atoms with Gasteiger partial charge < -0.3 is 10.6 Å². The minimum Gasteiger partial charge on any atom is -0.317 e. The summed E-state index contributed by atoms with van der Waals surface area (Å²) in [6, 6.07) is 0.663. The lowest BCUT2D eigenvalue weighted by Crippen LogP contribution is -2.32. The minimum absolute atomic E-state index is 0.663. The van der Waals surface area contributed by atoms with Crippen molar-refractivity contribution < 1.29 is 0 Å². The lowest BCUT2D eigenvalue weighted by molar-refractivity contribution is 0.351. The highest BCUT2D eigenvalue weighted by atomic mass is 14.9. The highest BCUT2D eigenvalue weighted by molar-refractivity contribution is 5.30.